The molecule has 17 heavy (non-hydrogen) atoms. The summed E-state index contributed by atoms with van der Waals surface area (Å²) < 4.78 is 5.08. The summed E-state index contributed by atoms with van der Waals surface area (Å²) in [6, 6.07) is 0. The summed E-state index contributed by atoms with van der Waals surface area (Å²) in [4.78, 5) is 23.8. The summed E-state index contributed by atoms with van der Waals surface area (Å²) in [6.07, 6.45) is 3.29. The van der Waals surface area contributed by atoms with Gasteiger partial charge in [0.2, 0.25) is 0 Å². The van der Waals surface area contributed by atoms with Gasteiger partial charge in [-0.3, -0.25) is 4.79 Å². The van der Waals surface area contributed by atoms with Gasteiger partial charge in [-0.05, 0) is 33.3 Å². The van der Waals surface area contributed by atoms with E-state index >= 15 is 0 Å². The zero-order valence-corrected chi connectivity index (χ0v) is 14.3. The molecule has 0 bridgehead atoms. The van der Waals surface area contributed by atoms with E-state index in [1.54, 1.807) is 26.8 Å². The summed E-state index contributed by atoms with van der Waals surface area (Å²) in [5.41, 5.74) is -0.557. The molecule has 0 fully saturated rings. The van der Waals surface area contributed by atoms with Gasteiger partial charge in [-0.1, -0.05) is 6.08 Å². The Bertz CT molecular complexity index is 284. The fraction of sp³-hybridized carbons (Fsp3) is 0.636. The van der Waals surface area contributed by atoms with Gasteiger partial charge in [-0.25, -0.2) is 9.69 Å². The molecule has 0 saturated carbocycles. The van der Waals surface area contributed by atoms with Crippen molar-refractivity contribution in [3.63, 3.8) is 0 Å². The first-order valence-electron chi connectivity index (χ1n) is 5.02. The molecule has 0 aliphatic carbocycles. The van der Waals surface area contributed by atoms with Gasteiger partial charge in [-0.2, -0.15) is 7.11 Å². The summed E-state index contributed by atoms with van der Waals surface area (Å²) in [5.74, 6) is -0.300. The monoisotopic (exact) mass is 267 g/mol. The Morgan fingerprint density at radius 3 is 2.35 bits per heavy atom. The molecule has 1 heterocycles. The molecule has 1 aliphatic rings. The second kappa shape index (κ2) is 9.24. The van der Waals surface area contributed by atoms with Crippen LogP contribution in [-0.2, 0) is 9.53 Å². The smallest absolute Gasteiger partial charge is 0.857 e. The van der Waals surface area contributed by atoms with Crippen molar-refractivity contribution in [2.24, 2.45) is 0 Å². The van der Waals surface area contributed by atoms with E-state index in [4.69, 9.17) is 9.84 Å². The second-order valence-electron chi connectivity index (χ2n) is 4.16. The van der Waals surface area contributed by atoms with Crippen molar-refractivity contribution in [1.82, 2.24) is 4.90 Å². The first-order valence-corrected chi connectivity index (χ1v) is 5.02. The number of amides is 2. The van der Waals surface area contributed by atoms with Crippen LogP contribution in [0.3, 0.4) is 0 Å². The molecule has 0 atom stereocenters. The Kier molecular flexibility index (Phi) is 10.7. The average molecular weight is 267 g/mol. The van der Waals surface area contributed by atoms with E-state index in [1.165, 1.54) is 6.08 Å². The largest absolute Gasteiger partial charge is 1.00 e. The number of ether oxygens (including phenoxy) is 1. The van der Waals surface area contributed by atoms with Crippen LogP contribution in [0.5, 0.6) is 0 Å². The molecule has 5 nitrogen and oxygen atoms in total. The third kappa shape index (κ3) is 8.07. The molecule has 0 aromatic carbocycles. The molecule has 6 heteroatoms. The quantitative estimate of drug-likeness (QED) is 0.463. The Balaban J connectivity index is 0. The van der Waals surface area contributed by atoms with Crippen LogP contribution in [0, 0.1) is 0 Å². The average Bonchev–Trinajstić information content (AvgIpc) is 2.18. The van der Waals surface area contributed by atoms with Crippen LogP contribution in [0.15, 0.2) is 12.2 Å². The van der Waals surface area contributed by atoms with E-state index in [9.17, 15) is 9.59 Å². The van der Waals surface area contributed by atoms with Crippen molar-refractivity contribution in [3.8, 4) is 0 Å². The number of nitrogens with zero attached hydrogens (tertiary/aromatic N) is 1. The predicted octanol–water partition coefficient (Wildman–Crippen LogP) is -2.31. The third-order valence-corrected chi connectivity index (χ3v) is 1.66. The number of hydrogen-bond donors (Lipinski definition) is 0. The fourth-order valence-corrected chi connectivity index (χ4v) is 1.09. The molecule has 0 aromatic rings. The van der Waals surface area contributed by atoms with Crippen LogP contribution in [0.25, 0.3) is 0 Å². The van der Waals surface area contributed by atoms with Gasteiger partial charge >= 0.3 is 57.5 Å². The van der Waals surface area contributed by atoms with Crippen molar-refractivity contribution in [2.45, 2.75) is 32.8 Å². The topological polar surface area (TPSA) is 69.7 Å². The SMILES string of the molecule is CC(C)(C)OC(=O)N1CCC=CC1=O.C[O-].[K+]. The Morgan fingerprint density at radius 1 is 1.41 bits per heavy atom. The normalized spacial score (nSPS) is 14.4. The fourth-order valence-electron chi connectivity index (χ4n) is 1.09. The number of rotatable bonds is 0. The zero-order valence-electron chi connectivity index (χ0n) is 11.1. The van der Waals surface area contributed by atoms with Crippen LogP contribution < -0.4 is 56.5 Å². The summed E-state index contributed by atoms with van der Waals surface area (Å²) >= 11 is 0. The molecule has 0 aromatic heterocycles. The second-order valence-corrected chi connectivity index (χ2v) is 4.16. The summed E-state index contributed by atoms with van der Waals surface area (Å²) in [6.45, 7) is 5.73. The first kappa shape index (κ1) is 19.6. The predicted molar refractivity (Wildman–Crippen MR) is 57.6 cm³/mol. The number of carbonyl (C=O) groups is 2. The Hall–Kier alpha value is 0.276. The van der Waals surface area contributed by atoms with Crippen molar-refractivity contribution >= 4 is 12.0 Å². The van der Waals surface area contributed by atoms with E-state index in [1.807, 2.05) is 0 Å². The third-order valence-electron chi connectivity index (χ3n) is 1.66. The van der Waals surface area contributed by atoms with Crippen molar-refractivity contribution < 1.29 is 70.8 Å². The molecule has 0 unspecified atom stereocenters. The van der Waals surface area contributed by atoms with Gasteiger partial charge in [0.1, 0.15) is 5.60 Å². The van der Waals surface area contributed by atoms with E-state index < -0.39 is 11.7 Å². The van der Waals surface area contributed by atoms with E-state index in [-0.39, 0.29) is 57.3 Å². The molecule has 1 rings (SSSR count). The van der Waals surface area contributed by atoms with Crippen molar-refractivity contribution in [2.75, 3.05) is 13.7 Å². The van der Waals surface area contributed by atoms with Gasteiger partial charge in [0.25, 0.3) is 5.91 Å². The number of imide groups is 1. The maximum atomic E-state index is 11.5. The molecule has 0 radical (unpaired) electrons. The van der Waals surface area contributed by atoms with Crippen LogP contribution >= 0.6 is 0 Å². The standard InChI is InChI=1S/C10H15NO3.CH3O.K/c1-10(2,3)14-9(13)11-7-5-4-6-8(11)12;1-2;/h4,6H,5,7H2,1-3H3;1H3;/q;-1;+1. The Morgan fingerprint density at radius 2 is 1.94 bits per heavy atom. The minimum Gasteiger partial charge on any atom is -0.857 e. The van der Waals surface area contributed by atoms with Crippen LogP contribution in [0.1, 0.15) is 27.2 Å². The molecule has 1 aliphatic heterocycles. The van der Waals surface area contributed by atoms with Gasteiger partial charge < -0.3 is 9.84 Å². The van der Waals surface area contributed by atoms with Crippen LogP contribution in [0.4, 0.5) is 4.79 Å². The summed E-state index contributed by atoms with van der Waals surface area (Å²) in [5, 5.41) is 8.25. The Labute approximate surface area is 145 Å². The number of carbonyl (C=O) groups excluding carboxylic acids is 2. The molecule has 0 saturated heterocycles. The molecular formula is C11H18KNO4. The maximum absolute atomic E-state index is 11.5. The number of hydrogen-bond acceptors (Lipinski definition) is 4. The van der Waals surface area contributed by atoms with E-state index in [0.717, 1.165) is 12.0 Å². The van der Waals surface area contributed by atoms with Crippen LogP contribution in [-0.4, -0.2) is 36.2 Å². The van der Waals surface area contributed by atoms with Gasteiger partial charge in [-0.15, -0.1) is 0 Å². The van der Waals surface area contributed by atoms with Gasteiger partial charge in [0, 0.05) is 6.54 Å². The summed E-state index contributed by atoms with van der Waals surface area (Å²) in [7, 11) is 0.750. The molecular weight excluding hydrogens is 249 g/mol. The van der Waals surface area contributed by atoms with Gasteiger partial charge in [0.05, 0.1) is 0 Å². The molecule has 2 amide bonds. The first-order chi connectivity index (χ1) is 7.40. The molecule has 92 valence electrons. The van der Waals surface area contributed by atoms with E-state index in [2.05, 4.69) is 0 Å². The van der Waals surface area contributed by atoms with E-state index in [0.29, 0.717) is 13.0 Å². The molecule has 0 N–H and O–H groups in total. The minimum absolute atomic E-state index is 0. The maximum Gasteiger partial charge on any atom is 1.00 e. The van der Waals surface area contributed by atoms with Crippen LogP contribution in [0.2, 0.25) is 0 Å². The minimum atomic E-state index is -0.563. The van der Waals surface area contributed by atoms with Gasteiger partial charge in [0.15, 0.2) is 0 Å². The molecule has 0 spiro atoms. The van der Waals surface area contributed by atoms with Crippen molar-refractivity contribution in [3.05, 3.63) is 12.2 Å². The zero-order chi connectivity index (χ0) is 12.8. The van der Waals surface area contributed by atoms with Crippen molar-refractivity contribution in [1.29, 1.82) is 0 Å².